The number of hydrogen-bond acceptors (Lipinski definition) is 1. The Bertz CT molecular complexity index is 368. The number of rotatable bonds is 3. The first kappa shape index (κ1) is 12.2. The number of hydrogen-bond donors (Lipinski definition) is 0. The third-order valence-electron chi connectivity index (χ3n) is 5.11. The third-order valence-corrected chi connectivity index (χ3v) is 5.11. The Labute approximate surface area is 111 Å². The van der Waals surface area contributed by atoms with Gasteiger partial charge in [-0.3, -0.25) is 0 Å². The maximum atomic E-state index is 2.77. The monoisotopic (exact) mass is 243 g/mol. The van der Waals surface area contributed by atoms with E-state index < -0.39 is 0 Å². The van der Waals surface area contributed by atoms with Crippen LogP contribution in [0.3, 0.4) is 0 Å². The predicted molar refractivity (Wildman–Crippen MR) is 76.8 cm³/mol. The van der Waals surface area contributed by atoms with Crippen LogP contribution in [-0.2, 0) is 0 Å². The van der Waals surface area contributed by atoms with Gasteiger partial charge in [0, 0.05) is 12.6 Å². The molecule has 98 valence electrons. The minimum atomic E-state index is 0.799. The molecule has 1 nitrogen and oxygen atoms in total. The van der Waals surface area contributed by atoms with Crippen molar-refractivity contribution in [3.05, 3.63) is 35.9 Å². The first-order chi connectivity index (χ1) is 8.88. The Morgan fingerprint density at radius 3 is 2.50 bits per heavy atom. The van der Waals surface area contributed by atoms with Crippen LogP contribution < -0.4 is 0 Å². The molecule has 1 aliphatic heterocycles. The molecule has 0 bridgehead atoms. The SMILES string of the molecule is CC[C@@H]1CN(C2CCC2)CC[C@H]1c1ccccc1. The summed E-state index contributed by atoms with van der Waals surface area (Å²) in [7, 11) is 0. The first-order valence-electron chi connectivity index (χ1n) is 7.67. The minimum absolute atomic E-state index is 0.799. The molecule has 0 radical (unpaired) electrons. The molecule has 1 heteroatoms. The largest absolute Gasteiger partial charge is 0.300 e. The van der Waals surface area contributed by atoms with Gasteiger partial charge in [-0.1, -0.05) is 50.1 Å². The molecule has 1 aromatic carbocycles. The van der Waals surface area contributed by atoms with E-state index in [1.165, 1.54) is 45.2 Å². The molecule has 18 heavy (non-hydrogen) atoms. The molecule has 0 unspecified atom stereocenters. The summed E-state index contributed by atoms with van der Waals surface area (Å²) in [5.74, 6) is 1.66. The van der Waals surface area contributed by atoms with Gasteiger partial charge in [0.25, 0.3) is 0 Å². The van der Waals surface area contributed by atoms with Gasteiger partial charge < -0.3 is 4.90 Å². The van der Waals surface area contributed by atoms with E-state index in [2.05, 4.69) is 42.2 Å². The Hall–Kier alpha value is -0.820. The summed E-state index contributed by atoms with van der Waals surface area (Å²) < 4.78 is 0. The molecular weight excluding hydrogens is 218 g/mol. The average molecular weight is 243 g/mol. The van der Waals surface area contributed by atoms with Crippen molar-refractivity contribution in [2.45, 2.75) is 51.0 Å². The van der Waals surface area contributed by atoms with E-state index in [9.17, 15) is 0 Å². The number of nitrogens with zero attached hydrogens (tertiary/aromatic N) is 1. The Morgan fingerprint density at radius 1 is 1.11 bits per heavy atom. The van der Waals surface area contributed by atoms with E-state index in [-0.39, 0.29) is 0 Å². The van der Waals surface area contributed by atoms with Gasteiger partial charge in [-0.05, 0) is 43.2 Å². The highest BCUT2D eigenvalue weighted by Gasteiger charge is 2.34. The smallest absolute Gasteiger partial charge is 0.00954 e. The lowest BCUT2D eigenvalue weighted by molar-refractivity contribution is 0.0647. The number of likely N-dealkylation sites (tertiary alicyclic amines) is 1. The molecule has 1 aromatic rings. The second-order valence-electron chi connectivity index (χ2n) is 6.05. The van der Waals surface area contributed by atoms with Crippen LogP contribution >= 0.6 is 0 Å². The summed E-state index contributed by atoms with van der Waals surface area (Å²) in [4.78, 5) is 2.77. The lowest BCUT2D eigenvalue weighted by Gasteiger charge is -2.45. The standard InChI is InChI=1S/C17H25N/c1-2-14-13-18(16-9-6-10-16)12-11-17(14)15-7-4-3-5-8-15/h3-5,7-8,14,16-17H,2,6,9-13H2,1H3/t14-,17-/m1/s1. The van der Waals surface area contributed by atoms with Gasteiger partial charge in [0.05, 0.1) is 0 Å². The van der Waals surface area contributed by atoms with Gasteiger partial charge in [-0.2, -0.15) is 0 Å². The van der Waals surface area contributed by atoms with Crippen LogP contribution in [0.25, 0.3) is 0 Å². The summed E-state index contributed by atoms with van der Waals surface area (Å²) in [5, 5.41) is 0. The Balaban J connectivity index is 1.69. The second kappa shape index (κ2) is 5.44. The fraction of sp³-hybridized carbons (Fsp3) is 0.647. The van der Waals surface area contributed by atoms with Crippen molar-refractivity contribution in [1.82, 2.24) is 4.90 Å². The molecule has 1 saturated carbocycles. The van der Waals surface area contributed by atoms with Crippen LogP contribution in [0.1, 0.15) is 50.5 Å². The summed E-state index contributed by atoms with van der Waals surface area (Å²) in [5.41, 5.74) is 1.57. The normalized spacial score (nSPS) is 30.1. The molecule has 2 fully saturated rings. The zero-order valence-electron chi connectivity index (χ0n) is 11.5. The molecule has 1 heterocycles. The molecule has 0 N–H and O–H groups in total. The lowest BCUT2D eigenvalue weighted by Crippen LogP contribution is -2.47. The van der Waals surface area contributed by atoms with Crippen LogP contribution in [0.4, 0.5) is 0 Å². The maximum absolute atomic E-state index is 2.77. The average Bonchev–Trinajstić information content (AvgIpc) is 2.37. The molecule has 2 atom stereocenters. The molecule has 0 spiro atoms. The molecular formula is C17H25N. The predicted octanol–water partition coefficient (Wildman–Crippen LogP) is 4.05. The quantitative estimate of drug-likeness (QED) is 0.774. The minimum Gasteiger partial charge on any atom is -0.300 e. The highest BCUT2D eigenvalue weighted by Crippen LogP contribution is 2.37. The highest BCUT2D eigenvalue weighted by atomic mass is 15.2. The second-order valence-corrected chi connectivity index (χ2v) is 6.05. The van der Waals surface area contributed by atoms with Gasteiger partial charge in [-0.15, -0.1) is 0 Å². The Morgan fingerprint density at radius 2 is 1.89 bits per heavy atom. The zero-order chi connectivity index (χ0) is 12.4. The summed E-state index contributed by atoms with van der Waals surface area (Å²) in [6.45, 7) is 5.02. The van der Waals surface area contributed by atoms with Gasteiger partial charge in [0.15, 0.2) is 0 Å². The fourth-order valence-electron chi connectivity index (χ4n) is 3.70. The van der Waals surface area contributed by atoms with E-state index in [4.69, 9.17) is 0 Å². The van der Waals surface area contributed by atoms with Gasteiger partial charge in [0.2, 0.25) is 0 Å². The van der Waals surface area contributed by atoms with E-state index in [0.717, 1.165) is 17.9 Å². The van der Waals surface area contributed by atoms with Gasteiger partial charge in [-0.25, -0.2) is 0 Å². The molecule has 0 aromatic heterocycles. The van der Waals surface area contributed by atoms with Crippen LogP contribution in [0.15, 0.2) is 30.3 Å². The lowest BCUT2D eigenvalue weighted by atomic mass is 9.77. The van der Waals surface area contributed by atoms with Crippen LogP contribution in [0, 0.1) is 5.92 Å². The molecule has 2 aliphatic rings. The molecule has 3 rings (SSSR count). The number of piperidine rings is 1. The van der Waals surface area contributed by atoms with Gasteiger partial charge >= 0.3 is 0 Å². The molecule has 1 saturated heterocycles. The summed E-state index contributed by atoms with van der Waals surface area (Å²) in [6.07, 6.45) is 7.04. The van der Waals surface area contributed by atoms with Crippen molar-refractivity contribution in [2.24, 2.45) is 5.92 Å². The topological polar surface area (TPSA) is 3.24 Å². The molecule has 0 amide bonds. The summed E-state index contributed by atoms with van der Waals surface area (Å²) >= 11 is 0. The van der Waals surface area contributed by atoms with Gasteiger partial charge in [0.1, 0.15) is 0 Å². The number of benzene rings is 1. The van der Waals surface area contributed by atoms with Crippen molar-refractivity contribution in [2.75, 3.05) is 13.1 Å². The first-order valence-corrected chi connectivity index (χ1v) is 7.67. The van der Waals surface area contributed by atoms with Crippen LogP contribution in [-0.4, -0.2) is 24.0 Å². The van der Waals surface area contributed by atoms with Crippen molar-refractivity contribution in [3.63, 3.8) is 0 Å². The third kappa shape index (κ3) is 2.33. The van der Waals surface area contributed by atoms with Crippen molar-refractivity contribution >= 4 is 0 Å². The van der Waals surface area contributed by atoms with Crippen LogP contribution in [0.5, 0.6) is 0 Å². The van der Waals surface area contributed by atoms with E-state index in [1.807, 2.05) is 0 Å². The van der Waals surface area contributed by atoms with E-state index >= 15 is 0 Å². The Kier molecular flexibility index (Phi) is 3.69. The highest BCUT2D eigenvalue weighted by molar-refractivity contribution is 5.21. The van der Waals surface area contributed by atoms with Crippen LogP contribution in [0.2, 0.25) is 0 Å². The van der Waals surface area contributed by atoms with Crippen molar-refractivity contribution in [1.29, 1.82) is 0 Å². The summed E-state index contributed by atoms with van der Waals surface area (Å²) in [6, 6.07) is 12.1. The fourth-order valence-corrected chi connectivity index (χ4v) is 3.70. The zero-order valence-corrected chi connectivity index (χ0v) is 11.5. The van der Waals surface area contributed by atoms with E-state index in [1.54, 1.807) is 5.56 Å². The van der Waals surface area contributed by atoms with Crippen molar-refractivity contribution in [3.8, 4) is 0 Å². The van der Waals surface area contributed by atoms with Crippen molar-refractivity contribution < 1.29 is 0 Å². The van der Waals surface area contributed by atoms with E-state index in [0.29, 0.717) is 0 Å². The molecule has 1 aliphatic carbocycles. The maximum Gasteiger partial charge on any atom is 0.00954 e.